The maximum Gasteiger partial charge on any atom is 0.240 e. The third kappa shape index (κ3) is 1.89. The lowest BCUT2D eigenvalue weighted by molar-refractivity contribution is -0.122. The van der Waals surface area contributed by atoms with Crippen molar-refractivity contribution in [3.63, 3.8) is 0 Å². The molecule has 1 saturated heterocycles. The van der Waals surface area contributed by atoms with Crippen LogP contribution < -0.4 is 4.90 Å². The summed E-state index contributed by atoms with van der Waals surface area (Å²) < 4.78 is 0. The van der Waals surface area contributed by atoms with Gasteiger partial charge in [-0.2, -0.15) is 0 Å². The van der Waals surface area contributed by atoms with Gasteiger partial charge in [-0.05, 0) is 41.3 Å². The van der Waals surface area contributed by atoms with E-state index < -0.39 is 21.6 Å². The lowest BCUT2D eigenvalue weighted by atomic mass is 9.54. The van der Waals surface area contributed by atoms with E-state index in [-0.39, 0.29) is 11.8 Å². The highest BCUT2D eigenvalue weighted by Gasteiger charge is 2.73. The Kier molecular flexibility index (Phi) is 3.48. The van der Waals surface area contributed by atoms with E-state index in [0.29, 0.717) is 5.69 Å². The van der Waals surface area contributed by atoms with Crippen molar-refractivity contribution in [2.24, 2.45) is 11.8 Å². The summed E-state index contributed by atoms with van der Waals surface area (Å²) in [7, 11) is 0. The molecular weight excluding hydrogens is 417 g/mol. The molecule has 0 radical (unpaired) electrons. The van der Waals surface area contributed by atoms with Crippen LogP contribution in [0, 0.1) is 18.8 Å². The number of carbonyl (C=O) groups excluding carboxylic acids is 2. The molecule has 2 amide bonds. The van der Waals surface area contributed by atoms with Gasteiger partial charge >= 0.3 is 0 Å². The first-order chi connectivity index (χ1) is 14.4. The van der Waals surface area contributed by atoms with E-state index >= 15 is 0 Å². The third-order valence-corrected chi connectivity index (χ3v) is 8.16. The number of rotatable bonds is 1. The average molecular weight is 434 g/mol. The molecule has 3 aliphatic carbocycles. The number of amides is 2. The summed E-state index contributed by atoms with van der Waals surface area (Å²) in [4.78, 5) is 26.5. The Morgan fingerprint density at radius 2 is 1.03 bits per heavy atom. The molecule has 2 bridgehead atoms. The second-order valence-electron chi connectivity index (χ2n) is 8.32. The van der Waals surface area contributed by atoms with Crippen molar-refractivity contribution in [1.29, 1.82) is 0 Å². The van der Waals surface area contributed by atoms with Crippen molar-refractivity contribution in [1.82, 2.24) is 0 Å². The number of hydrogen-bond acceptors (Lipinski definition) is 2. The van der Waals surface area contributed by atoms with Crippen molar-refractivity contribution < 1.29 is 9.59 Å². The number of anilines is 1. The van der Waals surface area contributed by atoms with Gasteiger partial charge in [0.05, 0.1) is 17.5 Å². The van der Waals surface area contributed by atoms with Gasteiger partial charge in [-0.15, -0.1) is 23.2 Å². The molecule has 2 atom stereocenters. The van der Waals surface area contributed by atoms with E-state index in [1.54, 1.807) is 12.1 Å². The predicted molar refractivity (Wildman–Crippen MR) is 117 cm³/mol. The van der Waals surface area contributed by atoms with Gasteiger partial charge in [-0.1, -0.05) is 66.2 Å². The molecule has 4 aliphatic rings. The Balaban J connectivity index is 1.66. The highest BCUT2D eigenvalue weighted by Crippen LogP contribution is 2.69. The number of alkyl halides is 2. The van der Waals surface area contributed by atoms with E-state index in [1.807, 2.05) is 67.6 Å². The number of hydrogen-bond donors (Lipinski definition) is 0. The molecule has 3 aromatic carbocycles. The van der Waals surface area contributed by atoms with Gasteiger partial charge in [0.1, 0.15) is 9.75 Å². The maximum atomic E-state index is 13.8. The average Bonchev–Trinajstić information content (AvgIpc) is 3.04. The Hall–Kier alpha value is -2.62. The van der Waals surface area contributed by atoms with Crippen molar-refractivity contribution in [3.8, 4) is 0 Å². The Morgan fingerprint density at radius 1 is 0.667 bits per heavy atom. The van der Waals surface area contributed by atoms with Gasteiger partial charge in [0, 0.05) is 0 Å². The van der Waals surface area contributed by atoms with Gasteiger partial charge in [-0.25, -0.2) is 4.90 Å². The monoisotopic (exact) mass is 433 g/mol. The summed E-state index contributed by atoms with van der Waals surface area (Å²) in [5.74, 6) is -2.12. The number of carbonyl (C=O) groups is 2. The first-order valence-electron chi connectivity index (χ1n) is 9.92. The van der Waals surface area contributed by atoms with Crippen LogP contribution in [0.15, 0.2) is 72.8 Å². The van der Waals surface area contributed by atoms with Crippen LogP contribution >= 0.6 is 23.2 Å². The number of imide groups is 1. The van der Waals surface area contributed by atoms with Gasteiger partial charge in [0.2, 0.25) is 11.8 Å². The summed E-state index contributed by atoms with van der Waals surface area (Å²) >= 11 is 14.8. The summed E-state index contributed by atoms with van der Waals surface area (Å²) in [6.07, 6.45) is 0. The minimum Gasteiger partial charge on any atom is -0.274 e. The number of aryl methyl sites for hydroxylation is 1. The van der Waals surface area contributed by atoms with E-state index in [9.17, 15) is 9.59 Å². The van der Waals surface area contributed by atoms with Crippen LogP contribution in [0.1, 0.15) is 27.8 Å². The minimum atomic E-state index is -1.14. The quantitative estimate of drug-likeness (QED) is 0.395. The molecule has 5 heteroatoms. The minimum absolute atomic E-state index is 0.294. The molecule has 0 unspecified atom stereocenters. The predicted octanol–water partition coefficient (Wildman–Crippen LogP) is 5.09. The molecule has 1 aliphatic heterocycles. The standard InChI is InChI=1S/C25H17Cl2NO2/c1-14-10-12-15(13-11-14)28-22(29)20-21(23(28)30)25(27)17-7-3-2-6-16(17)24(20,26)18-8-4-5-9-19(18)25/h2-13,20-21H,1H3/t20-,21-,24?,25?/m1/s1. The first-order valence-corrected chi connectivity index (χ1v) is 10.7. The van der Waals surface area contributed by atoms with Crippen molar-refractivity contribution in [2.45, 2.75) is 16.7 Å². The molecule has 1 fully saturated rings. The maximum absolute atomic E-state index is 13.8. The van der Waals surface area contributed by atoms with E-state index in [1.165, 1.54) is 4.90 Å². The third-order valence-electron chi connectivity index (χ3n) is 6.88. The Bertz CT molecular complexity index is 1130. The normalized spacial score (nSPS) is 30.8. The zero-order valence-corrected chi connectivity index (χ0v) is 17.6. The van der Waals surface area contributed by atoms with E-state index in [4.69, 9.17) is 23.2 Å². The molecule has 0 aromatic heterocycles. The van der Waals surface area contributed by atoms with Gasteiger partial charge in [0.25, 0.3) is 0 Å². The molecule has 0 saturated carbocycles. The molecule has 148 valence electrons. The fraction of sp³-hybridized carbons (Fsp3) is 0.200. The number of benzene rings is 3. The summed E-state index contributed by atoms with van der Waals surface area (Å²) in [5, 5.41) is 0. The van der Waals surface area contributed by atoms with Gasteiger partial charge in [-0.3, -0.25) is 9.59 Å². The van der Waals surface area contributed by atoms with E-state index in [0.717, 1.165) is 27.8 Å². The molecule has 30 heavy (non-hydrogen) atoms. The van der Waals surface area contributed by atoms with Crippen molar-refractivity contribution in [3.05, 3.63) is 101 Å². The smallest absolute Gasteiger partial charge is 0.240 e. The van der Waals surface area contributed by atoms with Crippen LogP contribution in [0.3, 0.4) is 0 Å². The van der Waals surface area contributed by atoms with Crippen LogP contribution in [0.5, 0.6) is 0 Å². The lowest BCUT2D eigenvalue weighted by Gasteiger charge is -2.54. The van der Waals surface area contributed by atoms with Crippen molar-refractivity contribution >= 4 is 40.7 Å². The van der Waals surface area contributed by atoms with E-state index in [2.05, 4.69) is 0 Å². The van der Waals surface area contributed by atoms with Crippen molar-refractivity contribution in [2.75, 3.05) is 4.90 Å². The zero-order chi connectivity index (χ0) is 20.8. The molecule has 0 N–H and O–H groups in total. The van der Waals surface area contributed by atoms with Crippen LogP contribution in [-0.2, 0) is 19.3 Å². The van der Waals surface area contributed by atoms with Gasteiger partial charge in [0.15, 0.2) is 0 Å². The zero-order valence-electron chi connectivity index (χ0n) is 16.1. The fourth-order valence-electron chi connectivity index (χ4n) is 5.62. The molecule has 7 rings (SSSR count). The molecule has 1 heterocycles. The molecule has 0 spiro atoms. The van der Waals surface area contributed by atoms with Gasteiger partial charge < -0.3 is 0 Å². The Morgan fingerprint density at radius 3 is 1.40 bits per heavy atom. The van der Waals surface area contributed by atoms with Crippen LogP contribution in [-0.4, -0.2) is 11.8 Å². The summed E-state index contributed by atoms with van der Waals surface area (Å²) in [5.41, 5.74) is 4.86. The SMILES string of the molecule is Cc1ccc(N2C(=O)[C@H]3[C@H](C2=O)C2(Cl)c4ccccc4C3(Cl)c3ccccc32)cc1. The largest absolute Gasteiger partial charge is 0.274 e. The summed E-state index contributed by atoms with van der Waals surface area (Å²) in [6.45, 7) is 1.96. The van der Waals surface area contributed by atoms with Crippen LogP contribution in [0.4, 0.5) is 5.69 Å². The second kappa shape index (κ2) is 5.75. The topological polar surface area (TPSA) is 37.4 Å². The molecule has 3 aromatic rings. The number of halogens is 2. The second-order valence-corrected chi connectivity index (χ2v) is 9.51. The highest BCUT2D eigenvalue weighted by molar-refractivity contribution is 6.38. The molecule has 3 nitrogen and oxygen atoms in total. The lowest BCUT2D eigenvalue weighted by Crippen LogP contribution is -2.57. The number of nitrogens with zero attached hydrogens (tertiary/aromatic N) is 1. The fourth-order valence-corrected chi connectivity index (χ4v) is 6.71. The Labute approximate surface area is 184 Å². The van der Waals surface area contributed by atoms with Crippen LogP contribution in [0.25, 0.3) is 0 Å². The first kappa shape index (κ1) is 18.2. The highest BCUT2D eigenvalue weighted by atomic mass is 35.5. The molecular formula is C25H17Cl2NO2. The summed E-state index contributed by atoms with van der Waals surface area (Å²) in [6, 6.07) is 22.7. The van der Waals surface area contributed by atoms with Crippen LogP contribution in [0.2, 0.25) is 0 Å².